The van der Waals surface area contributed by atoms with E-state index in [1.807, 2.05) is 37.4 Å². The van der Waals surface area contributed by atoms with Crippen molar-refractivity contribution in [3.05, 3.63) is 35.9 Å². The fourth-order valence-electron chi connectivity index (χ4n) is 2.08. The maximum absolute atomic E-state index is 10.4. The molecular weight excluding hydrogens is 222 g/mol. The quantitative estimate of drug-likeness (QED) is 0.834. The van der Waals surface area contributed by atoms with Crippen molar-refractivity contribution in [1.82, 2.24) is 5.32 Å². The summed E-state index contributed by atoms with van der Waals surface area (Å²) < 4.78 is 0. The van der Waals surface area contributed by atoms with Gasteiger partial charge in [-0.2, -0.15) is 0 Å². The number of aliphatic hydroxyl groups is 1. The predicted molar refractivity (Wildman–Crippen MR) is 71.0 cm³/mol. The van der Waals surface area contributed by atoms with Crippen molar-refractivity contribution in [2.75, 3.05) is 7.05 Å². The van der Waals surface area contributed by atoms with E-state index < -0.39 is 6.10 Å². The summed E-state index contributed by atoms with van der Waals surface area (Å²) >= 11 is 0. The Hall–Kier alpha value is -0.570. The van der Waals surface area contributed by atoms with Gasteiger partial charge in [0.05, 0.1) is 6.10 Å². The lowest BCUT2D eigenvalue weighted by Crippen LogP contribution is -2.47. The van der Waals surface area contributed by atoms with Crippen LogP contribution in [-0.2, 0) is 0 Å². The summed E-state index contributed by atoms with van der Waals surface area (Å²) in [6.45, 7) is 4.21. The first-order valence-electron chi connectivity index (χ1n) is 5.62. The van der Waals surface area contributed by atoms with E-state index in [-0.39, 0.29) is 17.9 Å². The average Bonchev–Trinajstić information content (AvgIpc) is 2.33. The van der Waals surface area contributed by atoms with Crippen molar-refractivity contribution < 1.29 is 5.11 Å². The van der Waals surface area contributed by atoms with Crippen LogP contribution in [0.2, 0.25) is 0 Å². The zero-order chi connectivity index (χ0) is 11.3. The molecule has 1 unspecified atom stereocenters. The largest absolute Gasteiger partial charge is 0.386 e. The van der Waals surface area contributed by atoms with Gasteiger partial charge in [0.2, 0.25) is 0 Å². The molecule has 0 amide bonds. The van der Waals surface area contributed by atoms with Gasteiger partial charge in [-0.3, -0.25) is 0 Å². The van der Waals surface area contributed by atoms with Crippen molar-refractivity contribution in [3.8, 4) is 0 Å². The van der Waals surface area contributed by atoms with Crippen molar-refractivity contribution in [1.29, 1.82) is 0 Å². The van der Waals surface area contributed by atoms with E-state index in [9.17, 15) is 5.11 Å². The Bertz CT molecular complexity index is 277. The van der Waals surface area contributed by atoms with Crippen LogP contribution < -0.4 is 5.32 Å². The summed E-state index contributed by atoms with van der Waals surface area (Å²) in [6, 6.07) is 9.84. The zero-order valence-electron chi connectivity index (χ0n) is 10.2. The second-order valence-electron chi connectivity index (χ2n) is 3.93. The average molecular weight is 244 g/mol. The molecule has 16 heavy (non-hydrogen) atoms. The first-order chi connectivity index (χ1) is 7.20. The molecule has 0 aliphatic rings. The third-order valence-electron chi connectivity index (χ3n) is 3.40. The second-order valence-corrected chi connectivity index (χ2v) is 3.93. The van der Waals surface area contributed by atoms with Crippen LogP contribution in [0.15, 0.2) is 30.3 Å². The van der Waals surface area contributed by atoms with Gasteiger partial charge in [-0.1, -0.05) is 44.2 Å². The van der Waals surface area contributed by atoms with E-state index in [4.69, 9.17) is 0 Å². The maximum atomic E-state index is 10.4. The van der Waals surface area contributed by atoms with Crippen LogP contribution in [0.4, 0.5) is 0 Å². The molecule has 0 bridgehead atoms. The topological polar surface area (TPSA) is 32.3 Å². The molecule has 2 nitrogen and oxygen atoms in total. The first kappa shape index (κ1) is 15.4. The molecular formula is C13H22ClNO. The van der Waals surface area contributed by atoms with Gasteiger partial charge in [-0.05, 0) is 25.5 Å². The molecule has 0 aromatic heterocycles. The van der Waals surface area contributed by atoms with Gasteiger partial charge in [-0.25, -0.2) is 0 Å². The fourth-order valence-corrected chi connectivity index (χ4v) is 2.08. The van der Waals surface area contributed by atoms with Gasteiger partial charge in [0.15, 0.2) is 0 Å². The number of aliphatic hydroxyl groups excluding tert-OH is 1. The molecule has 0 aliphatic carbocycles. The summed E-state index contributed by atoms with van der Waals surface area (Å²) in [7, 11) is 1.92. The number of hydrogen-bond acceptors (Lipinski definition) is 2. The molecule has 0 heterocycles. The molecule has 1 aromatic rings. The molecule has 0 radical (unpaired) electrons. The van der Waals surface area contributed by atoms with E-state index in [1.165, 1.54) is 0 Å². The summed E-state index contributed by atoms with van der Waals surface area (Å²) in [5, 5.41) is 13.6. The van der Waals surface area contributed by atoms with Crippen molar-refractivity contribution in [2.24, 2.45) is 0 Å². The number of nitrogens with one attached hydrogen (secondary N) is 1. The van der Waals surface area contributed by atoms with E-state index in [0.717, 1.165) is 18.4 Å². The van der Waals surface area contributed by atoms with E-state index in [2.05, 4.69) is 19.2 Å². The van der Waals surface area contributed by atoms with Crippen molar-refractivity contribution in [2.45, 2.75) is 38.3 Å². The van der Waals surface area contributed by atoms with Crippen LogP contribution in [0, 0.1) is 0 Å². The summed E-state index contributed by atoms with van der Waals surface area (Å²) in [6.07, 6.45) is 1.38. The normalized spacial score (nSPS) is 13.0. The standard InChI is InChI=1S/C13H21NO.ClH/c1-4-13(5-2,14-3)12(15)11-9-7-6-8-10-11;/h6-10,12,14-15H,4-5H2,1-3H3;1H. The number of benzene rings is 1. The Morgan fingerprint density at radius 3 is 2.06 bits per heavy atom. The first-order valence-corrected chi connectivity index (χ1v) is 5.62. The third-order valence-corrected chi connectivity index (χ3v) is 3.40. The predicted octanol–water partition coefficient (Wildman–Crippen LogP) is 2.92. The van der Waals surface area contributed by atoms with Crippen LogP contribution >= 0.6 is 12.4 Å². The van der Waals surface area contributed by atoms with Crippen LogP contribution in [0.25, 0.3) is 0 Å². The lowest BCUT2D eigenvalue weighted by atomic mass is 9.83. The van der Waals surface area contributed by atoms with E-state index in [1.54, 1.807) is 0 Å². The van der Waals surface area contributed by atoms with Crippen LogP contribution in [-0.4, -0.2) is 17.7 Å². The molecule has 2 N–H and O–H groups in total. The molecule has 1 atom stereocenters. The minimum Gasteiger partial charge on any atom is -0.386 e. The van der Waals surface area contributed by atoms with Crippen LogP contribution in [0.5, 0.6) is 0 Å². The number of rotatable bonds is 5. The van der Waals surface area contributed by atoms with Crippen molar-refractivity contribution in [3.63, 3.8) is 0 Å². The Morgan fingerprint density at radius 1 is 1.19 bits per heavy atom. The third kappa shape index (κ3) is 2.97. The van der Waals surface area contributed by atoms with Gasteiger partial charge < -0.3 is 10.4 Å². The highest BCUT2D eigenvalue weighted by Crippen LogP contribution is 2.31. The second kappa shape index (κ2) is 6.89. The number of halogens is 1. The Labute approximate surface area is 104 Å². The molecule has 3 heteroatoms. The Morgan fingerprint density at radius 2 is 1.69 bits per heavy atom. The van der Waals surface area contributed by atoms with Gasteiger partial charge >= 0.3 is 0 Å². The van der Waals surface area contributed by atoms with Crippen molar-refractivity contribution >= 4 is 12.4 Å². The van der Waals surface area contributed by atoms with Crippen LogP contribution in [0.3, 0.4) is 0 Å². The monoisotopic (exact) mass is 243 g/mol. The molecule has 0 spiro atoms. The molecule has 1 aromatic carbocycles. The summed E-state index contributed by atoms with van der Waals surface area (Å²) in [5.41, 5.74) is 0.775. The van der Waals surface area contributed by atoms with Gasteiger partial charge in [-0.15, -0.1) is 12.4 Å². The van der Waals surface area contributed by atoms with E-state index in [0.29, 0.717) is 0 Å². The summed E-state index contributed by atoms with van der Waals surface area (Å²) in [5.74, 6) is 0. The molecule has 0 fully saturated rings. The molecule has 0 aliphatic heterocycles. The van der Waals surface area contributed by atoms with Gasteiger partial charge in [0, 0.05) is 5.54 Å². The number of likely N-dealkylation sites (N-methyl/N-ethyl adjacent to an activating group) is 1. The molecule has 1 rings (SSSR count). The zero-order valence-corrected chi connectivity index (χ0v) is 11.1. The Balaban J connectivity index is 0.00000225. The van der Waals surface area contributed by atoms with Gasteiger partial charge in [0.25, 0.3) is 0 Å². The SMILES string of the molecule is CCC(CC)(NC)C(O)c1ccccc1.Cl. The molecule has 0 saturated heterocycles. The smallest absolute Gasteiger partial charge is 0.0971 e. The maximum Gasteiger partial charge on any atom is 0.0971 e. The molecule has 0 saturated carbocycles. The van der Waals surface area contributed by atoms with Crippen LogP contribution in [0.1, 0.15) is 38.4 Å². The summed E-state index contributed by atoms with van der Waals surface area (Å²) in [4.78, 5) is 0. The molecule has 92 valence electrons. The highest BCUT2D eigenvalue weighted by Gasteiger charge is 2.33. The van der Waals surface area contributed by atoms with E-state index >= 15 is 0 Å². The fraction of sp³-hybridized carbons (Fsp3) is 0.538. The minimum absolute atomic E-state index is 0. The Kier molecular flexibility index (Phi) is 6.65. The number of hydrogen-bond donors (Lipinski definition) is 2. The lowest BCUT2D eigenvalue weighted by molar-refractivity contribution is 0.0570. The lowest BCUT2D eigenvalue weighted by Gasteiger charge is -2.36. The van der Waals surface area contributed by atoms with Gasteiger partial charge in [0.1, 0.15) is 0 Å². The highest BCUT2D eigenvalue weighted by atomic mass is 35.5. The minimum atomic E-state index is -0.446. The highest BCUT2D eigenvalue weighted by molar-refractivity contribution is 5.85.